The van der Waals surface area contributed by atoms with Crippen molar-refractivity contribution < 1.29 is 14.3 Å². The monoisotopic (exact) mass is 261 g/mol. The van der Waals surface area contributed by atoms with Crippen molar-refractivity contribution in [2.24, 2.45) is 0 Å². The van der Waals surface area contributed by atoms with E-state index in [2.05, 4.69) is 10.6 Å². The molecule has 0 fully saturated rings. The highest BCUT2D eigenvalue weighted by atomic mass is 16.5. The van der Waals surface area contributed by atoms with E-state index in [9.17, 15) is 9.59 Å². The Morgan fingerprint density at radius 2 is 1.84 bits per heavy atom. The number of methoxy groups -OCH3 is 1. The van der Waals surface area contributed by atoms with Gasteiger partial charge in [-0.2, -0.15) is 5.26 Å². The SMILES string of the molecule is COc1ccc(C(=O)NCCNC(=O)CC#N)cc1. The number of nitrogens with one attached hydrogen (secondary N) is 2. The van der Waals surface area contributed by atoms with Gasteiger partial charge in [-0.05, 0) is 24.3 Å². The highest BCUT2D eigenvalue weighted by molar-refractivity contribution is 5.94. The summed E-state index contributed by atoms with van der Waals surface area (Å²) in [6.07, 6.45) is -0.174. The Balaban J connectivity index is 2.31. The van der Waals surface area contributed by atoms with Gasteiger partial charge >= 0.3 is 0 Å². The lowest BCUT2D eigenvalue weighted by Gasteiger charge is -2.06. The molecule has 0 saturated carbocycles. The Kier molecular flexibility index (Phi) is 5.89. The minimum Gasteiger partial charge on any atom is -0.497 e. The number of nitrogens with zero attached hydrogens (tertiary/aromatic N) is 1. The summed E-state index contributed by atoms with van der Waals surface area (Å²) in [5.41, 5.74) is 0.518. The molecule has 0 unspecified atom stereocenters. The topological polar surface area (TPSA) is 91.2 Å². The third kappa shape index (κ3) is 5.08. The van der Waals surface area contributed by atoms with Gasteiger partial charge in [-0.25, -0.2) is 0 Å². The van der Waals surface area contributed by atoms with E-state index >= 15 is 0 Å². The first kappa shape index (κ1) is 14.5. The van der Waals surface area contributed by atoms with Gasteiger partial charge in [0, 0.05) is 18.7 Å². The van der Waals surface area contributed by atoms with Gasteiger partial charge in [0.05, 0.1) is 13.2 Å². The van der Waals surface area contributed by atoms with Crippen molar-refractivity contribution in [3.8, 4) is 11.8 Å². The molecule has 6 heteroatoms. The molecule has 0 aliphatic carbocycles. The van der Waals surface area contributed by atoms with Crippen LogP contribution in [0.15, 0.2) is 24.3 Å². The molecule has 2 amide bonds. The molecule has 0 bridgehead atoms. The van der Waals surface area contributed by atoms with Gasteiger partial charge in [0.15, 0.2) is 0 Å². The number of rotatable bonds is 6. The summed E-state index contributed by atoms with van der Waals surface area (Å²) < 4.78 is 4.99. The van der Waals surface area contributed by atoms with Gasteiger partial charge in [-0.1, -0.05) is 0 Å². The second kappa shape index (κ2) is 7.71. The van der Waals surface area contributed by atoms with Gasteiger partial charge in [0.1, 0.15) is 12.2 Å². The van der Waals surface area contributed by atoms with Gasteiger partial charge in [0.25, 0.3) is 5.91 Å². The fraction of sp³-hybridized carbons (Fsp3) is 0.308. The lowest BCUT2D eigenvalue weighted by atomic mass is 10.2. The lowest BCUT2D eigenvalue weighted by Crippen LogP contribution is -2.34. The first-order valence-electron chi connectivity index (χ1n) is 5.73. The van der Waals surface area contributed by atoms with Crippen molar-refractivity contribution in [2.45, 2.75) is 6.42 Å². The Morgan fingerprint density at radius 1 is 1.21 bits per heavy atom. The smallest absolute Gasteiger partial charge is 0.251 e. The summed E-state index contributed by atoms with van der Waals surface area (Å²) in [6.45, 7) is 0.602. The number of hydrogen-bond donors (Lipinski definition) is 2. The lowest BCUT2D eigenvalue weighted by molar-refractivity contribution is -0.120. The van der Waals surface area contributed by atoms with E-state index in [0.29, 0.717) is 24.4 Å². The molecule has 0 aliphatic rings. The molecule has 2 N–H and O–H groups in total. The third-order valence-electron chi connectivity index (χ3n) is 2.32. The first-order valence-corrected chi connectivity index (χ1v) is 5.73. The van der Waals surface area contributed by atoms with Crippen LogP contribution >= 0.6 is 0 Å². The molecule has 0 atom stereocenters. The van der Waals surface area contributed by atoms with Crippen LogP contribution in [0, 0.1) is 11.3 Å². The van der Waals surface area contributed by atoms with E-state index in [1.807, 2.05) is 0 Å². The van der Waals surface area contributed by atoms with Crippen molar-refractivity contribution in [3.05, 3.63) is 29.8 Å². The largest absolute Gasteiger partial charge is 0.497 e. The zero-order valence-electron chi connectivity index (χ0n) is 10.6. The van der Waals surface area contributed by atoms with Crippen LogP contribution < -0.4 is 15.4 Å². The molecule has 6 nitrogen and oxygen atoms in total. The summed E-state index contributed by atoms with van der Waals surface area (Å²) >= 11 is 0. The van der Waals surface area contributed by atoms with Crippen LogP contribution in [0.2, 0.25) is 0 Å². The first-order chi connectivity index (χ1) is 9.17. The number of benzene rings is 1. The second-order valence-corrected chi connectivity index (χ2v) is 3.67. The van der Waals surface area contributed by atoms with E-state index in [1.165, 1.54) is 0 Å². The number of amides is 2. The minimum atomic E-state index is -0.346. The quantitative estimate of drug-likeness (QED) is 0.727. The summed E-state index contributed by atoms with van der Waals surface area (Å²) in [4.78, 5) is 22.7. The maximum absolute atomic E-state index is 11.7. The van der Waals surface area contributed by atoms with Crippen molar-refractivity contribution in [1.29, 1.82) is 5.26 Å². The van der Waals surface area contributed by atoms with Crippen molar-refractivity contribution in [2.75, 3.05) is 20.2 Å². The molecule has 0 spiro atoms. The fourth-order valence-electron chi connectivity index (χ4n) is 1.36. The van der Waals surface area contributed by atoms with Gasteiger partial charge in [-0.3, -0.25) is 9.59 Å². The van der Waals surface area contributed by atoms with E-state index in [-0.39, 0.29) is 18.2 Å². The van der Waals surface area contributed by atoms with Gasteiger partial charge in [0.2, 0.25) is 5.91 Å². The third-order valence-corrected chi connectivity index (χ3v) is 2.32. The molecule has 1 aromatic rings. The molecular weight excluding hydrogens is 246 g/mol. The molecule has 1 aromatic carbocycles. The maximum atomic E-state index is 11.7. The van der Waals surface area contributed by atoms with Crippen LogP contribution in [0.5, 0.6) is 5.75 Å². The summed E-state index contributed by atoms with van der Waals surface area (Å²) in [5.74, 6) is 0.110. The van der Waals surface area contributed by atoms with E-state index in [0.717, 1.165) is 0 Å². The summed E-state index contributed by atoms with van der Waals surface area (Å²) in [5, 5.41) is 13.5. The molecule has 1 rings (SSSR count). The summed E-state index contributed by atoms with van der Waals surface area (Å²) in [7, 11) is 1.55. The van der Waals surface area contributed by atoms with E-state index in [4.69, 9.17) is 10.00 Å². The number of carbonyl (C=O) groups excluding carboxylic acids is 2. The Morgan fingerprint density at radius 3 is 2.42 bits per heavy atom. The molecular formula is C13H15N3O3. The Labute approximate surface area is 111 Å². The molecule has 0 aliphatic heterocycles. The predicted octanol–water partition coefficient (Wildman–Crippen LogP) is 0.455. The van der Waals surface area contributed by atoms with Crippen LogP contribution in [0.3, 0.4) is 0 Å². The van der Waals surface area contributed by atoms with Gasteiger partial charge < -0.3 is 15.4 Å². The zero-order valence-corrected chi connectivity index (χ0v) is 10.6. The molecule has 0 radical (unpaired) electrons. The van der Waals surface area contributed by atoms with Crippen LogP contribution in [0.1, 0.15) is 16.8 Å². The van der Waals surface area contributed by atoms with Crippen LogP contribution in [0.25, 0.3) is 0 Å². The number of carbonyl (C=O) groups is 2. The molecule has 0 aromatic heterocycles. The molecule has 0 heterocycles. The highest BCUT2D eigenvalue weighted by Crippen LogP contribution is 2.10. The van der Waals surface area contributed by atoms with E-state index < -0.39 is 0 Å². The average Bonchev–Trinajstić information content (AvgIpc) is 2.44. The second-order valence-electron chi connectivity index (χ2n) is 3.67. The van der Waals surface area contributed by atoms with Gasteiger partial charge in [-0.15, -0.1) is 0 Å². The van der Waals surface area contributed by atoms with Crippen molar-refractivity contribution >= 4 is 11.8 Å². The molecule has 0 saturated heterocycles. The zero-order chi connectivity index (χ0) is 14.1. The standard InChI is InChI=1S/C13H15N3O3/c1-19-11-4-2-10(3-5-11)13(18)16-9-8-15-12(17)6-7-14/h2-5H,6,8-9H2,1H3,(H,15,17)(H,16,18). The maximum Gasteiger partial charge on any atom is 0.251 e. The average molecular weight is 261 g/mol. The number of ether oxygens (including phenoxy) is 1. The number of nitriles is 1. The van der Waals surface area contributed by atoms with Crippen molar-refractivity contribution in [3.63, 3.8) is 0 Å². The predicted molar refractivity (Wildman–Crippen MR) is 68.6 cm³/mol. The molecule has 19 heavy (non-hydrogen) atoms. The summed E-state index contributed by atoms with van der Waals surface area (Å²) in [6, 6.07) is 8.45. The Bertz CT molecular complexity index is 477. The van der Waals surface area contributed by atoms with Crippen LogP contribution in [-0.2, 0) is 4.79 Å². The van der Waals surface area contributed by atoms with Crippen LogP contribution in [0.4, 0.5) is 0 Å². The fourth-order valence-corrected chi connectivity index (χ4v) is 1.36. The highest BCUT2D eigenvalue weighted by Gasteiger charge is 2.05. The van der Waals surface area contributed by atoms with Crippen molar-refractivity contribution in [1.82, 2.24) is 10.6 Å². The van der Waals surface area contributed by atoms with Crippen LogP contribution in [-0.4, -0.2) is 32.0 Å². The normalized spacial score (nSPS) is 9.26. The Hall–Kier alpha value is -2.55. The van der Waals surface area contributed by atoms with E-state index in [1.54, 1.807) is 37.4 Å². The molecule has 100 valence electrons. The number of hydrogen-bond acceptors (Lipinski definition) is 4. The minimum absolute atomic E-state index is 0.174.